The molecule has 0 spiro atoms. The lowest BCUT2D eigenvalue weighted by Crippen LogP contribution is -2.27. The summed E-state index contributed by atoms with van der Waals surface area (Å²) in [6.07, 6.45) is 5.22. The van der Waals surface area contributed by atoms with Gasteiger partial charge in [0, 0.05) is 18.0 Å². The van der Waals surface area contributed by atoms with Crippen molar-refractivity contribution in [3.63, 3.8) is 0 Å². The van der Waals surface area contributed by atoms with Gasteiger partial charge < -0.3 is 5.32 Å². The van der Waals surface area contributed by atoms with Crippen molar-refractivity contribution in [3.05, 3.63) is 34.9 Å². The van der Waals surface area contributed by atoms with E-state index in [4.69, 9.17) is 0 Å². The van der Waals surface area contributed by atoms with Gasteiger partial charge >= 0.3 is 0 Å². The minimum absolute atomic E-state index is 0. The van der Waals surface area contributed by atoms with E-state index in [1.165, 1.54) is 17.5 Å². The zero-order valence-electron chi connectivity index (χ0n) is 11.9. The van der Waals surface area contributed by atoms with Crippen LogP contribution in [0, 0.1) is 0 Å². The van der Waals surface area contributed by atoms with Gasteiger partial charge in [-0.2, -0.15) is 0 Å². The number of Topliss-reactive ketones (excluding diaryl/α,β-unsaturated/α-hetero) is 1. The molecule has 0 bridgehead atoms. The van der Waals surface area contributed by atoms with E-state index in [0.29, 0.717) is 12.5 Å². The summed E-state index contributed by atoms with van der Waals surface area (Å²) in [6, 6.07) is 6.59. The average molecular weight is 282 g/mol. The molecule has 0 radical (unpaired) electrons. The topological polar surface area (TPSA) is 29.1 Å². The van der Waals surface area contributed by atoms with Gasteiger partial charge in [-0.05, 0) is 43.4 Å². The van der Waals surface area contributed by atoms with Crippen LogP contribution in [0.4, 0.5) is 0 Å². The molecule has 1 aromatic carbocycles. The molecule has 106 valence electrons. The monoisotopic (exact) mass is 281 g/mol. The number of carbonyl (C=O) groups is 1. The number of hydrogen-bond acceptors (Lipinski definition) is 2. The number of carbonyl (C=O) groups excluding carboxylic acids is 1. The van der Waals surface area contributed by atoms with Gasteiger partial charge in [-0.1, -0.05) is 32.0 Å². The van der Waals surface area contributed by atoms with E-state index in [9.17, 15) is 4.79 Å². The highest BCUT2D eigenvalue weighted by Gasteiger charge is 2.24. The maximum atomic E-state index is 12.1. The Morgan fingerprint density at radius 3 is 2.84 bits per heavy atom. The molecule has 0 aromatic heterocycles. The fraction of sp³-hybridized carbons (Fsp3) is 0.562. The molecule has 0 aliphatic heterocycles. The Kier molecular flexibility index (Phi) is 6.53. The van der Waals surface area contributed by atoms with Crippen molar-refractivity contribution in [1.29, 1.82) is 0 Å². The number of ketones is 1. The zero-order chi connectivity index (χ0) is 13.0. The first-order valence-electron chi connectivity index (χ1n) is 7.16. The normalized spacial score (nSPS) is 17.5. The minimum Gasteiger partial charge on any atom is -0.310 e. The van der Waals surface area contributed by atoms with Crippen LogP contribution < -0.4 is 5.32 Å². The van der Waals surface area contributed by atoms with E-state index in [-0.39, 0.29) is 18.2 Å². The van der Waals surface area contributed by atoms with Crippen LogP contribution in [0.1, 0.15) is 67.1 Å². The van der Waals surface area contributed by atoms with Crippen LogP contribution in [0.3, 0.4) is 0 Å². The van der Waals surface area contributed by atoms with Gasteiger partial charge in [0.15, 0.2) is 5.78 Å². The Balaban J connectivity index is 0.00000180. The van der Waals surface area contributed by atoms with Crippen LogP contribution in [0.5, 0.6) is 0 Å². The highest BCUT2D eigenvalue weighted by Crippen LogP contribution is 2.33. The number of hydrogen-bond donors (Lipinski definition) is 1. The fourth-order valence-electron chi connectivity index (χ4n) is 2.84. The molecule has 1 unspecified atom stereocenters. The Bertz CT molecular complexity index is 431. The van der Waals surface area contributed by atoms with Crippen LogP contribution in [0.25, 0.3) is 0 Å². The molecule has 0 heterocycles. The average Bonchev–Trinajstić information content (AvgIpc) is 2.43. The van der Waals surface area contributed by atoms with E-state index in [1.54, 1.807) is 0 Å². The van der Waals surface area contributed by atoms with Crippen molar-refractivity contribution in [2.75, 3.05) is 6.54 Å². The molecule has 2 rings (SSSR count). The van der Waals surface area contributed by atoms with E-state index in [1.807, 2.05) is 19.1 Å². The van der Waals surface area contributed by atoms with Gasteiger partial charge in [0.2, 0.25) is 0 Å². The fourth-order valence-corrected chi connectivity index (χ4v) is 2.84. The third kappa shape index (κ3) is 3.58. The second-order valence-corrected chi connectivity index (χ2v) is 5.05. The molecule has 1 aliphatic rings. The molecule has 0 amide bonds. The SMILES string of the molecule is CCCNC1CCCc2cccc(C(=O)CC)c21.Cl. The lowest BCUT2D eigenvalue weighted by Gasteiger charge is -2.28. The molecule has 1 N–H and O–H groups in total. The van der Waals surface area contributed by atoms with Gasteiger partial charge in [0.05, 0.1) is 0 Å². The van der Waals surface area contributed by atoms with Gasteiger partial charge in [-0.25, -0.2) is 0 Å². The standard InChI is InChI=1S/C16H23NO.ClH/c1-3-11-17-14-10-6-8-12-7-5-9-13(16(12)14)15(18)4-2;/h5,7,9,14,17H,3-4,6,8,10-11H2,1-2H3;1H. The summed E-state index contributed by atoms with van der Waals surface area (Å²) in [5.74, 6) is 0.275. The van der Waals surface area contributed by atoms with Gasteiger partial charge in [0.1, 0.15) is 0 Å². The molecule has 2 nitrogen and oxygen atoms in total. The zero-order valence-corrected chi connectivity index (χ0v) is 12.7. The molecule has 1 aliphatic carbocycles. The summed E-state index contributed by atoms with van der Waals surface area (Å²) >= 11 is 0. The summed E-state index contributed by atoms with van der Waals surface area (Å²) in [5, 5.41) is 3.59. The van der Waals surface area contributed by atoms with E-state index >= 15 is 0 Å². The third-order valence-corrected chi connectivity index (χ3v) is 3.75. The van der Waals surface area contributed by atoms with Crippen LogP contribution in [0.2, 0.25) is 0 Å². The lowest BCUT2D eigenvalue weighted by atomic mass is 9.83. The molecule has 1 atom stereocenters. The molecular formula is C16H24ClNO. The predicted molar refractivity (Wildman–Crippen MR) is 82.3 cm³/mol. The van der Waals surface area contributed by atoms with Crippen molar-refractivity contribution in [3.8, 4) is 0 Å². The second-order valence-electron chi connectivity index (χ2n) is 5.05. The van der Waals surface area contributed by atoms with Crippen LogP contribution in [-0.4, -0.2) is 12.3 Å². The number of benzene rings is 1. The maximum absolute atomic E-state index is 12.1. The van der Waals surface area contributed by atoms with Crippen LogP contribution in [0.15, 0.2) is 18.2 Å². The molecule has 1 aromatic rings. The third-order valence-electron chi connectivity index (χ3n) is 3.75. The van der Waals surface area contributed by atoms with E-state index in [0.717, 1.165) is 31.4 Å². The summed E-state index contributed by atoms with van der Waals surface area (Å²) < 4.78 is 0. The van der Waals surface area contributed by atoms with Crippen molar-refractivity contribution in [1.82, 2.24) is 5.32 Å². The number of rotatable bonds is 5. The van der Waals surface area contributed by atoms with Gasteiger partial charge in [-0.15, -0.1) is 12.4 Å². The number of fused-ring (bicyclic) bond motifs is 1. The largest absolute Gasteiger partial charge is 0.310 e. The first kappa shape index (κ1) is 16.2. The van der Waals surface area contributed by atoms with Gasteiger partial charge in [0.25, 0.3) is 0 Å². The summed E-state index contributed by atoms with van der Waals surface area (Å²) in [5.41, 5.74) is 3.60. The van der Waals surface area contributed by atoms with Crippen molar-refractivity contribution >= 4 is 18.2 Å². The Labute approximate surface area is 122 Å². The molecule has 0 saturated heterocycles. The number of halogens is 1. The van der Waals surface area contributed by atoms with Crippen LogP contribution in [-0.2, 0) is 6.42 Å². The Hall–Kier alpha value is -0.860. The Morgan fingerprint density at radius 1 is 1.37 bits per heavy atom. The minimum atomic E-state index is 0. The summed E-state index contributed by atoms with van der Waals surface area (Å²) in [7, 11) is 0. The second kappa shape index (κ2) is 7.66. The quantitative estimate of drug-likeness (QED) is 0.824. The maximum Gasteiger partial charge on any atom is 0.162 e. The molecule has 0 saturated carbocycles. The van der Waals surface area contributed by atoms with E-state index in [2.05, 4.69) is 18.3 Å². The van der Waals surface area contributed by atoms with Crippen molar-refractivity contribution in [2.45, 2.75) is 52.0 Å². The van der Waals surface area contributed by atoms with Crippen molar-refractivity contribution < 1.29 is 4.79 Å². The first-order valence-corrected chi connectivity index (χ1v) is 7.16. The molecule has 3 heteroatoms. The summed E-state index contributed by atoms with van der Waals surface area (Å²) in [6.45, 7) is 5.15. The smallest absolute Gasteiger partial charge is 0.162 e. The van der Waals surface area contributed by atoms with E-state index < -0.39 is 0 Å². The summed E-state index contributed by atoms with van der Waals surface area (Å²) in [4.78, 5) is 12.1. The first-order chi connectivity index (χ1) is 8.77. The molecular weight excluding hydrogens is 258 g/mol. The number of nitrogens with one attached hydrogen (secondary N) is 1. The molecule has 0 fully saturated rings. The predicted octanol–water partition coefficient (Wildman–Crippen LogP) is 4.08. The number of aryl methyl sites for hydroxylation is 1. The van der Waals surface area contributed by atoms with Crippen molar-refractivity contribution in [2.24, 2.45) is 0 Å². The van der Waals surface area contributed by atoms with Gasteiger partial charge in [-0.3, -0.25) is 4.79 Å². The highest BCUT2D eigenvalue weighted by atomic mass is 35.5. The lowest BCUT2D eigenvalue weighted by molar-refractivity contribution is 0.0986. The Morgan fingerprint density at radius 2 is 2.16 bits per heavy atom. The molecule has 19 heavy (non-hydrogen) atoms. The van der Waals surface area contributed by atoms with Crippen LogP contribution >= 0.6 is 12.4 Å². The highest BCUT2D eigenvalue weighted by molar-refractivity contribution is 5.97.